The van der Waals surface area contributed by atoms with Gasteiger partial charge in [-0.15, -0.1) is 0 Å². The molecule has 32 heavy (non-hydrogen) atoms. The number of carbonyl (C=O) groups is 1. The molecule has 2 atom stereocenters. The molecular formula is C25H28N4O3. The number of hydrogen-bond donors (Lipinski definition) is 1. The first-order valence-electron chi connectivity index (χ1n) is 10.8. The highest BCUT2D eigenvalue weighted by Gasteiger charge is 2.25. The number of carbonyl (C=O) groups excluding carboxylic acids is 1. The van der Waals surface area contributed by atoms with Crippen LogP contribution < -0.4 is 19.7 Å². The molecular weight excluding hydrogens is 404 g/mol. The minimum atomic E-state index is -0.0387. The maximum Gasteiger partial charge on any atom is 0.217 e. The zero-order valence-corrected chi connectivity index (χ0v) is 18.6. The largest absolute Gasteiger partial charge is 0.497 e. The Morgan fingerprint density at radius 3 is 2.72 bits per heavy atom. The smallest absolute Gasteiger partial charge is 0.217 e. The fraction of sp³-hybridized carbons (Fsp3) is 0.320. The van der Waals surface area contributed by atoms with E-state index in [2.05, 4.69) is 15.2 Å². The molecule has 4 rings (SSSR count). The van der Waals surface area contributed by atoms with Crippen molar-refractivity contribution in [2.45, 2.75) is 32.4 Å². The van der Waals surface area contributed by atoms with Gasteiger partial charge in [0.15, 0.2) is 5.82 Å². The fourth-order valence-electron chi connectivity index (χ4n) is 3.87. The second kappa shape index (κ2) is 9.68. The lowest BCUT2D eigenvalue weighted by atomic mass is 10.1. The molecule has 1 aliphatic heterocycles. The Kier molecular flexibility index (Phi) is 6.54. The first-order valence-corrected chi connectivity index (χ1v) is 10.8. The van der Waals surface area contributed by atoms with E-state index in [4.69, 9.17) is 14.5 Å². The molecule has 2 heterocycles. The summed E-state index contributed by atoms with van der Waals surface area (Å²) < 4.78 is 11.5. The first kappa shape index (κ1) is 21.6. The summed E-state index contributed by atoms with van der Waals surface area (Å²) in [5.41, 5.74) is 1.97. The van der Waals surface area contributed by atoms with Crippen LogP contribution in [0.3, 0.4) is 0 Å². The summed E-state index contributed by atoms with van der Waals surface area (Å²) in [6.45, 7) is 5.13. The number of benzene rings is 2. The molecule has 0 saturated carbocycles. The van der Waals surface area contributed by atoms with Crippen molar-refractivity contribution in [3.63, 3.8) is 0 Å². The van der Waals surface area contributed by atoms with Gasteiger partial charge in [-0.05, 0) is 42.8 Å². The standard InChI is InChI=1S/C25H28N4O3/c1-17(27-18(2)30)19-7-9-21(10-8-19)32-23-12-14-29(16-23)24-11-13-26-25(28-24)20-5-4-6-22(15-20)31-3/h4-11,13,15,17,23H,12,14,16H2,1-3H3,(H,27,30)/t17-,23+/m0/s1. The number of rotatable bonds is 7. The van der Waals surface area contributed by atoms with Crippen LogP contribution in [0.4, 0.5) is 5.82 Å². The maximum absolute atomic E-state index is 11.2. The van der Waals surface area contributed by atoms with Crippen molar-refractivity contribution in [2.24, 2.45) is 0 Å². The molecule has 1 aliphatic rings. The van der Waals surface area contributed by atoms with Gasteiger partial charge in [-0.1, -0.05) is 24.3 Å². The van der Waals surface area contributed by atoms with Crippen molar-refractivity contribution in [2.75, 3.05) is 25.1 Å². The van der Waals surface area contributed by atoms with Crippen LogP contribution in [0.2, 0.25) is 0 Å². The SMILES string of the molecule is COc1cccc(-c2nccc(N3CC[C@@H](Oc4ccc([C@H](C)NC(C)=O)cc4)C3)n2)c1. The topological polar surface area (TPSA) is 76.6 Å². The quantitative estimate of drug-likeness (QED) is 0.608. The third-order valence-corrected chi connectivity index (χ3v) is 5.54. The van der Waals surface area contributed by atoms with Gasteiger partial charge in [0, 0.05) is 31.6 Å². The van der Waals surface area contributed by atoms with Gasteiger partial charge in [-0.2, -0.15) is 0 Å². The molecule has 1 aromatic heterocycles. The van der Waals surface area contributed by atoms with E-state index in [-0.39, 0.29) is 18.1 Å². The second-order valence-corrected chi connectivity index (χ2v) is 7.94. The molecule has 7 nitrogen and oxygen atoms in total. The Hall–Kier alpha value is -3.61. The Labute approximate surface area is 188 Å². The van der Waals surface area contributed by atoms with E-state index in [1.54, 1.807) is 13.3 Å². The lowest BCUT2D eigenvalue weighted by molar-refractivity contribution is -0.119. The third-order valence-electron chi connectivity index (χ3n) is 5.54. The van der Waals surface area contributed by atoms with Crippen LogP contribution in [-0.4, -0.2) is 42.2 Å². The normalized spacial score (nSPS) is 16.5. The van der Waals surface area contributed by atoms with E-state index in [1.165, 1.54) is 6.92 Å². The van der Waals surface area contributed by atoms with Crippen LogP contribution >= 0.6 is 0 Å². The number of nitrogens with zero attached hydrogens (tertiary/aromatic N) is 3. The zero-order chi connectivity index (χ0) is 22.5. The van der Waals surface area contributed by atoms with E-state index < -0.39 is 0 Å². The Balaban J connectivity index is 1.39. The summed E-state index contributed by atoms with van der Waals surface area (Å²) in [5, 5.41) is 2.89. The zero-order valence-electron chi connectivity index (χ0n) is 18.6. The molecule has 0 bridgehead atoms. The highest BCUT2D eigenvalue weighted by molar-refractivity contribution is 5.73. The van der Waals surface area contributed by atoms with Crippen molar-refractivity contribution in [3.8, 4) is 22.9 Å². The molecule has 0 spiro atoms. The van der Waals surface area contributed by atoms with Crippen molar-refractivity contribution in [3.05, 3.63) is 66.4 Å². The van der Waals surface area contributed by atoms with Gasteiger partial charge in [-0.3, -0.25) is 4.79 Å². The van der Waals surface area contributed by atoms with Crippen molar-refractivity contribution >= 4 is 11.7 Å². The summed E-state index contributed by atoms with van der Waals surface area (Å²) in [6.07, 6.45) is 2.80. The number of anilines is 1. The summed E-state index contributed by atoms with van der Waals surface area (Å²) in [5.74, 6) is 3.14. The number of methoxy groups -OCH3 is 1. The average molecular weight is 433 g/mol. The van der Waals surface area contributed by atoms with Gasteiger partial charge in [0.05, 0.1) is 19.7 Å². The van der Waals surface area contributed by atoms with E-state index >= 15 is 0 Å². The summed E-state index contributed by atoms with van der Waals surface area (Å²) in [6, 6.07) is 17.6. The predicted molar refractivity (Wildman–Crippen MR) is 124 cm³/mol. The molecule has 166 valence electrons. The predicted octanol–water partition coefficient (Wildman–Crippen LogP) is 4.01. The van der Waals surface area contributed by atoms with Gasteiger partial charge in [0.1, 0.15) is 23.4 Å². The van der Waals surface area contributed by atoms with Crippen LogP contribution in [0.1, 0.15) is 31.9 Å². The molecule has 7 heteroatoms. The van der Waals surface area contributed by atoms with Crippen molar-refractivity contribution in [1.29, 1.82) is 0 Å². The van der Waals surface area contributed by atoms with Crippen LogP contribution in [0.25, 0.3) is 11.4 Å². The molecule has 1 fully saturated rings. The van der Waals surface area contributed by atoms with Crippen LogP contribution in [0.5, 0.6) is 11.5 Å². The number of hydrogen-bond acceptors (Lipinski definition) is 6. The van der Waals surface area contributed by atoms with Crippen LogP contribution in [-0.2, 0) is 4.79 Å². The van der Waals surface area contributed by atoms with Gasteiger partial charge in [0.25, 0.3) is 0 Å². The molecule has 0 unspecified atom stereocenters. The lowest BCUT2D eigenvalue weighted by Gasteiger charge is -2.19. The minimum absolute atomic E-state index is 0.0277. The van der Waals surface area contributed by atoms with E-state index in [1.807, 2.05) is 61.5 Å². The number of amides is 1. The van der Waals surface area contributed by atoms with Crippen LogP contribution in [0, 0.1) is 0 Å². The van der Waals surface area contributed by atoms with Gasteiger partial charge in [-0.25, -0.2) is 9.97 Å². The first-order chi connectivity index (χ1) is 15.5. The number of ether oxygens (including phenoxy) is 2. The fourth-order valence-corrected chi connectivity index (χ4v) is 3.87. The number of aromatic nitrogens is 2. The van der Waals surface area contributed by atoms with Crippen molar-refractivity contribution in [1.82, 2.24) is 15.3 Å². The summed E-state index contributed by atoms with van der Waals surface area (Å²) in [7, 11) is 1.65. The Morgan fingerprint density at radius 2 is 1.97 bits per heavy atom. The summed E-state index contributed by atoms with van der Waals surface area (Å²) >= 11 is 0. The molecule has 0 aliphatic carbocycles. The third kappa shape index (κ3) is 5.17. The second-order valence-electron chi connectivity index (χ2n) is 7.94. The summed E-state index contributed by atoms with van der Waals surface area (Å²) in [4.78, 5) is 22.7. The monoisotopic (exact) mass is 432 g/mol. The van der Waals surface area contributed by atoms with Crippen LogP contribution in [0.15, 0.2) is 60.8 Å². The number of nitrogens with one attached hydrogen (secondary N) is 1. The highest BCUT2D eigenvalue weighted by Crippen LogP contribution is 2.26. The Morgan fingerprint density at radius 1 is 1.16 bits per heavy atom. The molecule has 0 radical (unpaired) electrons. The molecule has 1 amide bonds. The molecule has 1 saturated heterocycles. The van der Waals surface area contributed by atoms with Gasteiger partial charge < -0.3 is 19.7 Å². The molecule has 3 aromatic rings. The lowest BCUT2D eigenvalue weighted by Crippen LogP contribution is -2.25. The maximum atomic E-state index is 11.2. The van der Waals surface area contributed by atoms with E-state index in [9.17, 15) is 4.79 Å². The average Bonchev–Trinajstić information content (AvgIpc) is 3.28. The Bertz CT molecular complexity index is 1070. The molecule has 2 aromatic carbocycles. The van der Waals surface area contributed by atoms with E-state index in [0.29, 0.717) is 5.82 Å². The van der Waals surface area contributed by atoms with Crippen molar-refractivity contribution < 1.29 is 14.3 Å². The molecule has 1 N–H and O–H groups in total. The van der Waals surface area contributed by atoms with Gasteiger partial charge >= 0.3 is 0 Å². The highest BCUT2D eigenvalue weighted by atomic mass is 16.5. The minimum Gasteiger partial charge on any atom is -0.497 e. The van der Waals surface area contributed by atoms with Gasteiger partial charge in [0.2, 0.25) is 5.91 Å². The van der Waals surface area contributed by atoms with E-state index in [0.717, 1.165) is 48.0 Å².